The van der Waals surface area contributed by atoms with Crippen molar-refractivity contribution in [3.63, 3.8) is 0 Å². The molecule has 0 fully saturated rings. The standard InChI is InChI=1S/C20H18BrN3O2/c1-2-14-3-9-17(10-4-14)22-19(25)13-24-20(26)12-11-18(23-24)15-5-7-16(21)8-6-15/h3-12H,2,13H2,1H3,(H,22,25). The number of benzene rings is 2. The molecule has 132 valence electrons. The smallest absolute Gasteiger partial charge is 0.267 e. The van der Waals surface area contributed by atoms with Gasteiger partial charge in [-0.15, -0.1) is 0 Å². The number of carbonyl (C=O) groups excluding carboxylic acids is 1. The van der Waals surface area contributed by atoms with Gasteiger partial charge in [-0.25, -0.2) is 4.68 Å². The Labute approximate surface area is 159 Å². The number of nitrogens with one attached hydrogen (secondary N) is 1. The highest BCUT2D eigenvalue weighted by Crippen LogP contribution is 2.18. The van der Waals surface area contributed by atoms with Crippen molar-refractivity contribution in [3.05, 3.63) is 81.1 Å². The Morgan fingerprint density at radius 1 is 1.04 bits per heavy atom. The van der Waals surface area contributed by atoms with Crippen molar-refractivity contribution in [2.75, 3.05) is 5.32 Å². The summed E-state index contributed by atoms with van der Waals surface area (Å²) in [5.41, 5.74) is 3.09. The molecule has 3 aromatic rings. The predicted molar refractivity (Wildman–Crippen MR) is 106 cm³/mol. The number of aromatic nitrogens is 2. The van der Waals surface area contributed by atoms with Crippen LogP contribution in [-0.4, -0.2) is 15.7 Å². The minimum Gasteiger partial charge on any atom is -0.324 e. The second-order valence-corrected chi connectivity index (χ2v) is 6.74. The summed E-state index contributed by atoms with van der Waals surface area (Å²) < 4.78 is 2.13. The van der Waals surface area contributed by atoms with E-state index < -0.39 is 0 Å². The Kier molecular flexibility index (Phi) is 5.63. The molecule has 26 heavy (non-hydrogen) atoms. The third-order valence-electron chi connectivity index (χ3n) is 3.95. The first-order chi connectivity index (χ1) is 12.5. The van der Waals surface area contributed by atoms with Gasteiger partial charge in [0.15, 0.2) is 0 Å². The van der Waals surface area contributed by atoms with Crippen molar-refractivity contribution in [2.24, 2.45) is 0 Å². The molecule has 3 rings (SSSR count). The molecule has 1 amide bonds. The highest BCUT2D eigenvalue weighted by molar-refractivity contribution is 9.10. The Morgan fingerprint density at radius 2 is 1.73 bits per heavy atom. The summed E-state index contributed by atoms with van der Waals surface area (Å²) in [7, 11) is 0. The van der Waals surface area contributed by atoms with Gasteiger partial charge in [0, 0.05) is 21.8 Å². The van der Waals surface area contributed by atoms with Gasteiger partial charge >= 0.3 is 0 Å². The molecular formula is C20H18BrN3O2. The lowest BCUT2D eigenvalue weighted by Gasteiger charge is -2.09. The average molecular weight is 412 g/mol. The highest BCUT2D eigenvalue weighted by Gasteiger charge is 2.08. The third kappa shape index (κ3) is 4.46. The summed E-state index contributed by atoms with van der Waals surface area (Å²) in [4.78, 5) is 24.3. The lowest BCUT2D eigenvalue weighted by atomic mass is 10.1. The van der Waals surface area contributed by atoms with Crippen LogP contribution in [0.4, 0.5) is 5.69 Å². The van der Waals surface area contributed by atoms with Gasteiger partial charge in [0.05, 0.1) is 5.69 Å². The van der Waals surface area contributed by atoms with Gasteiger partial charge in [-0.05, 0) is 42.3 Å². The molecule has 1 heterocycles. The first-order valence-electron chi connectivity index (χ1n) is 8.28. The second-order valence-electron chi connectivity index (χ2n) is 5.82. The van der Waals surface area contributed by atoms with Crippen LogP contribution in [0.1, 0.15) is 12.5 Å². The normalized spacial score (nSPS) is 10.5. The SMILES string of the molecule is CCc1ccc(NC(=O)Cn2nc(-c3ccc(Br)cc3)ccc2=O)cc1. The second kappa shape index (κ2) is 8.10. The number of carbonyl (C=O) groups is 1. The van der Waals surface area contributed by atoms with Crippen LogP contribution in [0.2, 0.25) is 0 Å². The molecule has 1 aromatic heterocycles. The van der Waals surface area contributed by atoms with Crippen molar-refractivity contribution in [1.29, 1.82) is 0 Å². The molecule has 0 spiro atoms. The first kappa shape index (κ1) is 18.1. The van der Waals surface area contributed by atoms with Crippen LogP contribution in [0, 0.1) is 0 Å². The Balaban J connectivity index is 1.75. The van der Waals surface area contributed by atoms with E-state index in [1.807, 2.05) is 48.5 Å². The van der Waals surface area contributed by atoms with Gasteiger partial charge in [-0.3, -0.25) is 9.59 Å². The number of nitrogens with zero attached hydrogens (tertiary/aromatic N) is 2. The number of hydrogen-bond donors (Lipinski definition) is 1. The Hall–Kier alpha value is -2.73. The maximum atomic E-state index is 12.3. The van der Waals surface area contributed by atoms with Gasteiger partial charge in [0.2, 0.25) is 5.91 Å². The minimum atomic E-state index is -0.317. The van der Waals surface area contributed by atoms with E-state index in [9.17, 15) is 9.59 Å². The number of halogens is 1. The van der Waals surface area contributed by atoms with Crippen LogP contribution in [0.3, 0.4) is 0 Å². The molecule has 0 bridgehead atoms. The molecule has 0 aliphatic heterocycles. The number of anilines is 1. The van der Waals surface area contributed by atoms with Gasteiger partial charge in [-0.2, -0.15) is 5.10 Å². The van der Waals surface area contributed by atoms with Crippen LogP contribution in [-0.2, 0) is 17.8 Å². The minimum absolute atomic E-state index is 0.140. The fourth-order valence-corrected chi connectivity index (χ4v) is 2.76. The third-order valence-corrected chi connectivity index (χ3v) is 4.47. The quantitative estimate of drug-likeness (QED) is 0.692. The van der Waals surface area contributed by atoms with Crippen molar-refractivity contribution in [2.45, 2.75) is 19.9 Å². The van der Waals surface area contributed by atoms with E-state index in [1.165, 1.54) is 16.3 Å². The zero-order chi connectivity index (χ0) is 18.5. The van der Waals surface area contributed by atoms with Gasteiger partial charge in [-0.1, -0.05) is 47.1 Å². The van der Waals surface area contributed by atoms with Crippen LogP contribution in [0.15, 0.2) is 69.9 Å². The number of hydrogen-bond acceptors (Lipinski definition) is 3. The molecule has 0 unspecified atom stereocenters. The summed E-state index contributed by atoms with van der Waals surface area (Å²) in [6.45, 7) is 1.93. The summed E-state index contributed by atoms with van der Waals surface area (Å²) >= 11 is 3.39. The topological polar surface area (TPSA) is 64.0 Å². The predicted octanol–water partition coefficient (Wildman–Crippen LogP) is 3.87. The molecule has 0 aliphatic carbocycles. The molecule has 6 heteroatoms. The molecule has 5 nitrogen and oxygen atoms in total. The van der Waals surface area contributed by atoms with Crippen molar-refractivity contribution >= 4 is 27.5 Å². The van der Waals surface area contributed by atoms with Gasteiger partial charge < -0.3 is 5.32 Å². The zero-order valence-electron chi connectivity index (χ0n) is 14.3. The van der Waals surface area contributed by atoms with Gasteiger partial charge in [0.1, 0.15) is 6.54 Å². The molecule has 0 radical (unpaired) electrons. The van der Waals surface area contributed by atoms with E-state index in [1.54, 1.807) is 6.07 Å². The van der Waals surface area contributed by atoms with Crippen LogP contribution in [0.25, 0.3) is 11.3 Å². The van der Waals surface area contributed by atoms with Crippen LogP contribution in [0.5, 0.6) is 0 Å². The van der Waals surface area contributed by atoms with E-state index in [4.69, 9.17) is 0 Å². The molecule has 2 aromatic carbocycles. The lowest BCUT2D eigenvalue weighted by Crippen LogP contribution is -2.29. The fraction of sp³-hybridized carbons (Fsp3) is 0.150. The number of rotatable bonds is 5. The van der Waals surface area contributed by atoms with Crippen molar-refractivity contribution < 1.29 is 4.79 Å². The molecule has 0 aliphatic rings. The summed E-state index contributed by atoms with van der Waals surface area (Å²) in [5, 5.41) is 7.10. The van der Waals surface area contributed by atoms with E-state index in [0.717, 1.165) is 16.5 Å². The maximum absolute atomic E-state index is 12.3. The summed E-state index contributed by atoms with van der Waals surface area (Å²) in [6.07, 6.45) is 0.941. The van der Waals surface area contributed by atoms with E-state index in [-0.39, 0.29) is 18.0 Å². The van der Waals surface area contributed by atoms with Crippen LogP contribution >= 0.6 is 15.9 Å². The molecule has 0 saturated carbocycles. The number of aryl methyl sites for hydroxylation is 1. The first-order valence-corrected chi connectivity index (χ1v) is 9.07. The largest absolute Gasteiger partial charge is 0.324 e. The van der Waals surface area contributed by atoms with E-state index >= 15 is 0 Å². The zero-order valence-corrected chi connectivity index (χ0v) is 15.9. The Bertz CT molecular complexity index is 964. The number of amides is 1. The highest BCUT2D eigenvalue weighted by atomic mass is 79.9. The van der Waals surface area contributed by atoms with E-state index in [2.05, 4.69) is 33.3 Å². The van der Waals surface area contributed by atoms with E-state index in [0.29, 0.717) is 11.4 Å². The summed E-state index contributed by atoms with van der Waals surface area (Å²) in [6, 6.07) is 18.3. The van der Waals surface area contributed by atoms with Crippen molar-refractivity contribution in [3.8, 4) is 11.3 Å². The summed E-state index contributed by atoms with van der Waals surface area (Å²) in [5.74, 6) is -0.295. The average Bonchev–Trinajstić information content (AvgIpc) is 2.65. The maximum Gasteiger partial charge on any atom is 0.267 e. The lowest BCUT2D eigenvalue weighted by molar-refractivity contribution is -0.117. The Morgan fingerprint density at radius 3 is 2.38 bits per heavy atom. The van der Waals surface area contributed by atoms with Crippen LogP contribution < -0.4 is 10.9 Å². The molecule has 0 atom stereocenters. The molecule has 1 N–H and O–H groups in total. The fourth-order valence-electron chi connectivity index (χ4n) is 2.50. The monoisotopic (exact) mass is 411 g/mol. The molecule has 0 saturated heterocycles. The van der Waals surface area contributed by atoms with Gasteiger partial charge in [0.25, 0.3) is 5.56 Å². The van der Waals surface area contributed by atoms with Crippen molar-refractivity contribution in [1.82, 2.24) is 9.78 Å². The molecular weight excluding hydrogens is 394 g/mol.